The van der Waals surface area contributed by atoms with Gasteiger partial charge in [-0.1, -0.05) is 13.8 Å². The predicted molar refractivity (Wildman–Crippen MR) is 106 cm³/mol. The lowest BCUT2D eigenvalue weighted by Gasteiger charge is -2.38. The van der Waals surface area contributed by atoms with Gasteiger partial charge in [-0.15, -0.1) is 0 Å². The molecule has 3 rings (SSSR count). The van der Waals surface area contributed by atoms with Gasteiger partial charge in [-0.05, 0) is 20.8 Å². The monoisotopic (exact) mass is 375 g/mol. The largest absolute Gasteiger partial charge is 0.372 e. The molecular formula is C20H33N5O2. The number of rotatable bonds is 4. The summed E-state index contributed by atoms with van der Waals surface area (Å²) < 4.78 is 5.73. The van der Waals surface area contributed by atoms with Crippen LogP contribution < -0.4 is 4.90 Å². The molecule has 2 aliphatic heterocycles. The zero-order chi connectivity index (χ0) is 19.6. The molecule has 0 N–H and O–H groups in total. The molecule has 7 nitrogen and oxygen atoms in total. The van der Waals surface area contributed by atoms with E-state index in [0.717, 1.165) is 43.5 Å². The van der Waals surface area contributed by atoms with Gasteiger partial charge in [0.05, 0.1) is 18.8 Å². The fraction of sp³-hybridized carbons (Fsp3) is 0.750. The van der Waals surface area contributed by atoms with E-state index in [4.69, 9.17) is 9.72 Å². The van der Waals surface area contributed by atoms with Gasteiger partial charge < -0.3 is 14.5 Å². The highest BCUT2D eigenvalue weighted by molar-refractivity contribution is 5.78. The van der Waals surface area contributed by atoms with Crippen molar-refractivity contribution in [3.8, 4) is 0 Å². The number of ether oxygens (including phenoxy) is 1. The number of carbonyl (C=O) groups excluding carboxylic acids is 1. The lowest BCUT2D eigenvalue weighted by molar-refractivity contribution is -0.144. The first kappa shape index (κ1) is 20.0. The third kappa shape index (κ3) is 5.17. The number of amides is 1. The summed E-state index contributed by atoms with van der Waals surface area (Å²) in [6, 6.07) is 2.06. The number of hydrogen-bond acceptors (Lipinski definition) is 6. The van der Waals surface area contributed by atoms with Crippen molar-refractivity contribution in [2.24, 2.45) is 0 Å². The Bertz CT molecular complexity index is 648. The molecule has 3 heterocycles. The van der Waals surface area contributed by atoms with E-state index in [-0.39, 0.29) is 18.1 Å². The second kappa shape index (κ2) is 8.52. The standard InChI is InChI=1S/C20H33N5O2/c1-14(2)20-21-15(3)10-18(22-20)24-8-6-23(7-9-24)13-19(26)25-11-16(4)27-17(5)12-25/h10,14,16-17H,6-9,11-13H2,1-5H3. The molecule has 1 aromatic heterocycles. The second-order valence-electron chi connectivity index (χ2n) is 8.20. The molecule has 0 aromatic carbocycles. The first-order valence-electron chi connectivity index (χ1n) is 10.1. The Morgan fingerprint density at radius 3 is 2.37 bits per heavy atom. The molecule has 1 aromatic rings. The smallest absolute Gasteiger partial charge is 0.236 e. The molecular weight excluding hydrogens is 342 g/mol. The molecule has 1 amide bonds. The topological polar surface area (TPSA) is 61.8 Å². The number of anilines is 1. The molecule has 0 saturated carbocycles. The van der Waals surface area contributed by atoms with Crippen LogP contribution in [0.5, 0.6) is 0 Å². The molecule has 7 heteroatoms. The second-order valence-corrected chi connectivity index (χ2v) is 8.20. The van der Waals surface area contributed by atoms with Crippen molar-refractivity contribution in [1.29, 1.82) is 0 Å². The van der Waals surface area contributed by atoms with Crippen LogP contribution in [0.3, 0.4) is 0 Å². The summed E-state index contributed by atoms with van der Waals surface area (Å²) in [4.78, 5) is 28.5. The zero-order valence-electron chi connectivity index (χ0n) is 17.3. The number of aryl methyl sites for hydroxylation is 1. The SMILES string of the molecule is Cc1cc(N2CCN(CC(=O)N3CC(C)OC(C)C3)CC2)nc(C(C)C)n1. The summed E-state index contributed by atoms with van der Waals surface area (Å²) >= 11 is 0. The Kier molecular flexibility index (Phi) is 6.32. The van der Waals surface area contributed by atoms with E-state index in [2.05, 4.69) is 34.7 Å². The quantitative estimate of drug-likeness (QED) is 0.798. The van der Waals surface area contributed by atoms with Gasteiger partial charge in [0.2, 0.25) is 5.91 Å². The van der Waals surface area contributed by atoms with Crippen molar-refractivity contribution in [1.82, 2.24) is 19.8 Å². The van der Waals surface area contributed by atoms with Gasteiger partial charge in [0.15, 0.2) is 0 Å². The van der Waals surface area contributed by atoms with Crippen molar-refractivity contribution in [3.63, 3.8) is 0 Å². The van der Waals surface area contributed by atoms with E-state index in [0.29, 0.717) is 25.6 Å². The van der Waals surface area contributed by atoms with Crippen molar-refractivity contribution in [2.45, 2.75) is 52.7 Å². The zero-order valence-corrected chi connectivity index (χ0v) is 17.3. The van der Waals surface area contributed by atoms with Gasteiger partial charge in [-0.3, -0.25) is 9.69 Å². The number of nitrogens with zero attached hydrogens (tertiary/aromatic N) is 5. The van der Waals surface area contributed by atoms with Crippen molar-refractivity contribution >= 4 is 11.7 Å². The van der Waals surface area contributed by atoms with Crippen LogP contribution >= 0.6 is 0 Å². The van der Waals surface area contributed by atoms with Gasteiger partial charge >= 0.3 is 0 Å². The van der Waals surface area contributed by atoms with Gasteiger partial charge in [0.25, 0.3) is 0 Å². The summed E-state index contributed by atoms with van der Waals surface area (Å²) in [5, 5.41) is 0. The average Bonchev–Trinajstić information content (AvgIpc) is 2.61. The maximum Gasteiger partial charge on any atom is 0.236 e. The Labute approximate surface area is 162 Å². The maximum absolute atomic E-state index is 12.7. The molecule has 2 atom stereocenters. The van der Waals surface area contributed by atoms with Gasteiger partial charge in [-0.25, -0.2) is 9.97 Å². The first-order valence-corrected chi connectivity index (χ1v) is 10.1. The minimum absolute atomic E-state index is 0.116. The summed E-state index contributed by atoms with van der Waals surface area (Å²) in [6.45, 7) is 15.7. The lowest BCUT2D eigenvalue weighted by atomic mass is 10.2. The van der Waals surface area contributed by atoms with E-state index < -0.39 is 0 Å². The fourth-order valence-electron chi connectivity index (χ4n) is 3.80. The van der Waals surface area contributed by atoms with Gasteiger partial charge in [0, 0.05) is 56.9 Å². The molecule has 2 fully saturated rings. The van der Waals surface area contributed by atoms with Crippen LogP contribution in [0.15, 0.2) is 6.07 Å². The summed E-state index contributed by atoms with van der Waals surface area (Å²) in [7, 11) is 0. The molecule has 0 spiro atoms. The van der Waals surface area contributed by atoms with Crippen LogP contribution in [-0.2, 0) is 9.53 Å². The Balaban J connectivity index is 1.54. The minimum atomic E-state index is 0.116. The molecule has 2 saturated heterocycles. The molecule has 0 bridgehead atoms. The van der Waals surface area contributed by atoms with E-state index in [9.17, 15) is 4.79 Å². The fourth-order valence-corrected chi connectivity index (χ4v) is 3.80. The Morgan fingerprint density at radius 2 is 1.78 bits per heavy atom. The highest BCUT2D eigenvalue weighted by Gasteiger charge is 2.28. The Morgan fingerprint density at radius 1 is 1.15 bits per heavy atom. The molecule has 27 heavy (non-hydrogen) atoms. The van der Waals surface area contributed by atoms with Crippen LogP contribution in [0.25, 0.3) is 0 Å². The highest BCUT2D eigenvalue weighted by atomic mass is 16.5. The first-order chi connectivity index (χ1) is 12.8. The normalized spacial score (nSPS) is 24.5. The van der Waals surface area contributed by atoms with Crippen LogP contribution in [0, 0.1) is 6.92 Å². The van der Waals surface area contributed by atoms with Crippen LogP contribution in [0.4, 0.5) is 5.82 Å². The summed E-state index contributed by atoms with van der Waals surface area (Å²) in [5.41, 5.74) is 1.01. The predicted octanol–water partition coefficient (Wildman–Crippen LogP) is 1.67. The third-order valence-corrected chi connectivity index (χ3v) is 5.20. The number of aromatic nitrogens is 2. The van der Waals surface area contributed by atoms with Crippen LogP contribution in [-0.4, -0.2) is 83.7 Å². The molecule has 2 aliphatic rings. The van der Waals surface area contributed by atoms with Crippen LogP contribution in [0.1, 0.15) is 45.1 Å². The van der Waals surface area contributed by atoms with Crippen molar-refractivity contribution in [2.75, 3.05) is 50.7 Å². The molecule has 0 aliphatic carbocycles. The number of hydrogen-bond donors (Lipinski definition) is 0. The number of morpholine rings is 1. The summed E-state index contributed by atoms with van der Waals surface area (Å²) in [6.07, 6.45) is 0.233. The van der Waals surface area contributed by atoms with Crippen molar-refractivity contribution in [3.05, 3.63) is 17.6 Å². The molecule has 150 valence electrons. The molecule has 2 unspecified atom stereocenters. The minimum Gasteiger partial charge on any atom is -0.372 e. The van der Waals surface area contributed by atoms with Crippen molar-refractivity contribution < 1.29 is 9.53 Å². The van der Waals surface area contributed by atoms with E-state index in [1.807, 2.05) is 25.7 Å². The highest BCUT2D eigenvalue weighted by Crippen LogP contribution is 2.19. The average molecular weight is 376 g/mol. The van der Waals surface area contributed by atoms with Crippen LogP contribution in [0.2, 0.25) is 0 Å². The van der Waals surface area contributed by atoms with E-state index in [1.165, 1.54) is 0 Å². The van der Waals surface area contributed by atoms with E-state index in [1.54, 1.807) is 0 Å². The molecule has 0 radical (unpaired) electrons. The number of carbonyl (C=O) groups is 1. The van der Waals surface area contributed by atoms with Gasteiger partial charge in [-0.2, -0.15) is 0 Å². The lowest BCUT2D eigenvalue weighted by Crippen LogP contribution is -2.54. The van der Waals surface area contributed by atoms with Gasteiger partial charge in [0.1, 0.15) is 11.6 Å². The Hall–Kier alpha value is -1.73. The maximum atomic E-state index is 12.7. The summed E-state index contributed by atoms with van der Waals surface area (Å²) in [5.74, 6) is 2.44. The number of piperazine rings is 1. The third-order valence-electron chi connectivity index (χ3n) is 5.20. The van der Waals surface area contributed by atoms with E-state index >= 15 is 0 Å².